The van der Waals surface area contributed by atoms with E-state index in [1.54, 1.807) is 19.1 Å². The largest absolute Gasteiger partial charge is 0.478 e. The van der Waals surface area contributed by atoms with E-state index in [4.69, 9.17) is 9.84 Å². The van der Waals surface area contributed by atoms with Crippen LogP contribution in [0, 0.1) is 0 Å². The lowest BCUT2D eigenvalue weighted by molar-refractivity contribution is -0.151. The standard InChI is InChI=1S/C10H11IO3/c1-10(7-11,9(12)13)14-8-5-3-2-4-6-8/h2-6H,7H2,1H3,(H,12,13). The fourth-order valence-corrected chi connectivity index (χ4v) is 1.36. The first-order chi connectivity index (χ1) is 6.58. The van der Waals surface area contributed by atoms with Crippen molar-refractivity contribution in [3.05, 3.63) is 30.3 Å². The SMILES string of the molecule is CC(CI)(Oc1ccccc1)C(=O)O. The normalized spacial score (nSPS) is 14.4. The molecule has 0 aromatic heterocycles. The summed E-state index contributed by atoms with van der Waals surface area (Å²) in [4.78, 5) is 10.9. The maximum atomic E-state index is 10.9. The van der Waals surface area contributed by atoms with Gasteiger partial charge in [0.15, 0.2) is 0 Å². The van der Waals surface area contributed by atoms with Crippen LogP contribution in [0.5, 0.6) is 5.75 Å². The van der Waals surface area contributed by atoms with E-state index in [1.807, 2.05) is 40.8 Å². The maximum Gasteiger partial charge on any atom is 0.348 e. The van der Waals surface area contributed by atoms with Gasteiger partial charge in [0.25, 0.3) is 0 Å². The average Bonchev–Trinajstić information content (AvgIpc) is 2.19. The Labute approximate surface area is 96.2 Å². The number of aliphatic carboxylic acids is 1. The van der Waals surface area contributed by atoms with Crippen molar-refractivity contribution in [1.29, 1.82) is 0 Å². The summed E-state index contributed by atoms with van der Waals surface area (Å²) in [7, 11) is 0. The summed E-state index contributed by atoms with van der Waals surface area (Å²) >= 11 is 2.00. The third kappa shape index (κ3) is 2.60. The second kappa shape index (κ2) is 4.63. The summed E-state index contributed by atoms with van der Waals surface area (Å²) in [5.41, 5.74) is -1.15. The molecule has 1 rings (SSSR count). The van der Waals surface area contributed by atoms with Gasteiger partial charge in [0, 0.05) is 0 Å². The third-order valence-corrected chi connectivity index (χ3v) is 3.25. The Morgan fingerprint density at radius 1 is 1.50 bits per heavy atom. The number of rotatable bonds is 4. The van der Waals surface area contributed by atoms with E-state index in [1.165, 1.54) is 0 Å². The summed E-state index contributed by atoms with van der Waals surface area (Å²) < 4.78 is 5.80. The highest BCUT2D eigenvalue weighted by atomic mass is 127. The van der Waals surface area contributed by atoms with Gasteiger partial charge in [-0.25, -0.2) is 4.79 Å². The average molecular weight is 306 g/mol. The molecular formula is C10H11IO3. The molecule has 0 aliphatic rings. The van der Waals surface area contributed by atoms with E-state index < -0.39 is 11.6 Å². The molecule has 1 aromatic rings. The lowest BCUT2D eigenvalue weighted by atomic mass is 10.1. The van der Waals surface area contributed by atoms with Crippen LogP contribution in [0.3, 0.4) is 0 Å². The number of carbonyl (C=O) groups is 1. The van der Waals surface area contributed by atoms with Gasteiger partial charge in [-0.1, -0.05) is 40.8 Å². The second-order valence-electron chi connectivity index (χ2n) is 3.08. The van der Waals surface area contributed by atoms with Gasteiger partial charge < -0.3 is 9.84 Å². The molecule has 0 radical (unpaired) electrons. The minimum atomic E-state index is -1.15. The molecule has 76 valence electrons. The van der Waals surface area contributed by atoms with Crippen LogP contribution >= 0.6 is 22.6 Å². The van der Waals surface area contributed by atoms with Crippen molar-refractivity contribution in [3.63, 3.8) is 0 Å². The number of benzene rings is 1. The van der Waals surface area contributed by atoms with Crippen LogP contribution in [0.1, 0.15) is 6.92 Å². The zero-order chi connectivity index (χ0) is 10.6. The molecule has 0 saturated heterocycles. The molecular weight excluding hydrogens is 295 g/mol. The van der Waals surface area contributed by atoms with Crippen molar-refractivity contribution in [3.8, 4) is 5.75 Å². The van der Waals surface area contributed by atoms with E-state index in [0.717, 1.165) is 0 Å². The molecule has 1 unspecified atom stereocenters. The Bertz CT molecular complexity index is 312. The molecule has 0 bridgehead atoms. The summed E-state index contributed by atoms with van der Waals surface area (Å²) in [6.45, 7) is 1.56. The zero-order valence-electron chi connectivity index (χ0n) is 7.74. The van der Waals surface area contributed by atoms with E-state index >= 15 is 0 Å². The Hall–Kier alpha value is -0.780. The quantitative estimate of drug-likeness (QED) is 0.686. The second-order valence-corrected chi connectivity index (χ2v) is 3.85. The number of hydrogen-bond acceptors (Lipinski definition) is 2. The van der Waals surface area contributed by atoms with Crippen LogP contribution in [-0.4, -0.2) is 21.1 Å². The predicted octanol–water partition coefficient (Wildman–Crippen LogP) is 2.34. The zero-order valence-corrected chi connectivity index (χ0v) is 9.89. The highest BCUT2D eigenvalue weighted by molar-refractivity contribution is 14.1. The van der Waals surface area contributed by atoms with Gasteiger partial charge in [-0.15, -0.1) is 0 Å². The molecule has 14 heavy (non-hydrogen) atoms. The number of carboxylic acids is 1. The van der Waals surface area contributed by atoms with Crippen molar-refractivity contribution < 1.29 is 14.6 Å². The Kier molecular flexibility index (Phi) is 3.74. The van der Waals surface area contributed by atoms with Crippen molar-refractivity contribution in [2.75, 3.05) is 4.43 Å². The van der Waals surface area contributed by atoms with Gasteiger partial charge in [0.05, 0.1) is 4.43 Å². The van der Waals surface area contributed by atoms with Gasteiger partial charge in [-0.05, 0) is 19.1 Å². The van der Waals surface area contributed by atoms with E-state index in [0.29, 0.717) is 10.2 Å². The molecule has 1 aromatic carbocycles. The molecule has 1 atom stereocenters. The van der Waals surface area contributed by atoms with Crippen molar-refractivity contribution in [1.82, 2.24) is 0 Å². The van der Waals surface area contributed by atoms with Gasteiger partial charge in [0.2, 0.25) is 5.60 Å². The van der Waals surface area contributed by atoms with Crippen LogP contribution in [0.15, 0.2) is 30.3 Å². The Balaban J connectivity index is 2.81. The summed E-state index contributed by atoms with van der Waals surface area (Å²) in [5.74, 6) is -0.371. The molecule has 0 aliphatic carbocycles. The van der Waals surface area contributed by atoms with Crippen LogP contribution in [-0.2, 0) is 4.79 Å². The van der Waals surface area contributed by atoms with Gasteiger partial charge in [0.1, 0.15) is 5.75 Å². The van der Waals surface area contributed by atoms with Gasteiger partial charge >= 0.3 is 5.97 Å². The van der Waals surface area contributed by atoms with Gasteiger partial charge in [-0.2, -0.15) is 0 Å². The molecule has 1 N–H and O–H groups in total. The minimum Gasteiger partial charge on any atom is -0.478 e. The molecule has 0 aliphatic heterocycles. The van der Waals surface area contributed by atoms with Crippen LogP contribution in [0.2, 0.25) is 0 Å². The van der Waals surface area contributed by atoms with Crippen LogP contribution < -0.4 is 4.74 Å². The minimum absolute atomic E-state index is 0.398. The Morgan fingerprint density at radius 2 is 2.07 bits per heavy atom. The van der Waals surface area contributed by atoms with Crippen molar-refractivity contribution in [2.24, 2.45) is 0 Å². The lowest BCUT2D eigenvalue weighted by Gasteiger charge is -2.23. The highest BCUT2D eigenvalue weighted by Crippen LogP contribution is 2.20. The molecule has 4 heteroatoms. The molecule has 0 fully saturated rings. The van der Waals surface area contributed by atoms with Crippen molar-refractivity contribution in [2.45, 2.75) is 12.5 Å². The summed E-state index contributed by atoms with van der Waals surface area (Å²) in [5, 5.41) is 8.96. The third-order valence-electron chi connectivity index (χ3n) is 1.79. The first-order valence-corrected chi connectivity index (χ1v) is 5.64. The van der Waals surface area contributed by atoms with Crippen LogP contribution in [0.4, 0.5) is 0 Å². The summed E-state index contributed by atoms with van der Waals surface area (Å²) in [6, 6.07) is 8.96. The molecule has 0 heterocycles. The smallest absolute Gasteiger partial charge is 0.348 e. The maximum absolute atomic E-state index is 10.9. The van der Waals surface area contributed by atoms with Crippen LogP contribution in [0.25, 0.3) is 0 Å². The van der Waals surface area contributed by atoms with Gasteiger partial charge in [-0.3, -0.25) is 0 Å². The van der Waals surface area contributed by atoms with E-state index in [9.17, 15) is 4.79 Å². The first-order valence-electron chi connectivity index (χ1n) is 4.12. The van der Waals surface area contributed by atoms with E-state index in [2.05, 4.69) is 0 Å². The first kappa shape index (κ1) is 11.3. The lowest BCUT2D eigenvalue weighted by Crippen LogP contribution is -2.43. The predicted molar refractivity (Wildman–Crippen MR) is 62.0 cm³/mol. The number of para-hydroxylation sites is 1. The number of carboxylic acid groups (broad SMARTS) is 1. The number of halogens is 1. The van der Waals surface area contributed by atoms with E-state index in [-0.39, 0.29) is 0 Å². The fraction of sp³-hybridized carbons (Fsp3) is 0.300. The number of hydrogen-bond donors (Lipinski definition) is 1. The fourth-order valence-electron chi connectivity index (χ4n) is 0.877. The molecule has 0 amide bonds. The Morgan fingerprint density at radius 3 is 2.50 bits per heavy atom. The molecule has 0 saturated carbocycles. The number of ether oxygens (including phenoxy) is 1. The highest BCUT2D eigenvalue weighted by Gasteiger charge is 2.34. The summed E-state index contributed by atoms with van der Waals surface area (Å²) in [6.07, 6.45) is 0. The number of alkyl halides is 1. The molecule has 0 spiro atoms. The topological polar surface area (TPSA) is 46.5 Å². The monoisotopic (exact) mass is 306 g/mol. The molecule has 3 nitrogen and oxygen atoms in total. The van der Waals surface area contributed by atoms with Crippen molar-refractivity contribution >= 4 is 28.6 Å².